The number of ether oxygens (including phenoxy) is 1. The van der Waals surface area contributed by atoms with E-state index >= 15 is 0 Å². The minimum absolute atomic E-state index is 0.0943. The molecule has 2 unspecified atom stereocenters. The van der Waals surface area contributed by atoms with Gasteiger partial charge in [0.2, 0.25) is 0 Å². The molecule has 18 heavy (non-hydrogen) atoms. The van der Waals surface area contributed by atoms with Crippen molar-refractivity contribution in [2.24, 2.45) is 0 Å². The van der Waals surface area contributed by atoms with Gasteiger partial charge < -0.3 is 18.7 Å². The lowest BCUT2D eigenvalue weighted by Gasteiger charge is -2.37. The molecule has 0 rings (SSSR count). The van der Waals surface area contributed by atoms with E-state index in [4.69, 9.17) is 13.6 Å². The molecule has 1 N–H and O–H groups in total. The maximum absolute atomic E-state index is 9.68. The third-order valence-electron chi connectivity index (χ3n) is 2.57. The van der Waals surface area contributed by atoms with Crippen LogP contribution >= 0.6 is 0 Å². The number of aliphatic hydroxyl groups excluding tert-OH is 1. The second-order valence-corrected chi connectivity index (χ2v) is 8.39. The highest BCUT2D eigenvalue weighted by atomic mass is 28.4. The second kappa shape index (κ2) is 8.27. The predicted molar refractivity (Wildman–Crippen MR) is 75.5 cm³/mol. The summed E-state index contributed by atoms with van der Waals surface area (Å²) in [5.41, 5.74) is -0.155. The van der Waals surface area contributed by atoms with Crippen molar-refractivity contribution >= 4 is 8.56 Å². The Labute approximate surface area is 113 Å². The Bertz CT molecular complexity index is 211. The van der Waals surface area contributed by atoms with Gasteiger partial charge in [-0.3, -0.25) is 0 Å². The van der Waals surface area contributed by atoms with Crippen LogP contribution in [0, 0.1) is 0 Å². The average molecular weight is 278 g/mol. The van der Waals surface area contributed by atoms with Gasteiger partial charge in [-0.15, -0.1) is 0 Å². The number of hydrogen-bond donors (Lipinski definition) is 1. The van der Waals surface area contributed by atoms with Crippen LogP contribution in [0.3, 0.4) is 0 Å². The van der Waals surface area contributed by atoms with Crippen LogP contribution in [0.5, 0.6) is 0 Å². The first-order valence-corrected chi connectivity index (χ1v) is 9.33. The highest BCUT2D eigenvalue weighted by Crippen LogP contribution is 2.23. The quantitative estimate of drug-likeness (QED) is 0.520. The van der Waals surface area contributed by atoms with Crippen LogP contribution in [0.25, 0.3) is 0 Å². The van der Waals surface area contributed by atoms with Gasteiger partial charge in [-0.1, -0.05) is 13.8 Å². The molecule has 0 aromatic rings. The van der Waals surface area contributed by atoms with Gasteiger partial charge in [-0.2, -0.15) is 0 Å². The fourth-order valence-electron chi connectivity index (χ4n) is 1.99. The van der Waals surface area contributed by atoms with Gasteiger partial charge >= 0.3 is 8.56 Å². The van der Waals surface area contributed by atoms with Gasteiger partial charge in [0.25, 0.3) is 0 Å². The van der Waals surface area contributed by atoms with Crippen molar-refractivity contribution in [3.63, 3.8) is 0 Å². The van der Waals surface area contributed by atoms with Crippen molar-refractivity contribution in [2.75, 3.05) is 0 Å². The summed E-state index contributed by atoms with van der Waals surface area (Å²) in [7, 11) is -2.47. The maximum Gasteiger partial charge on any atom is 0.365 e. The first-order valence-electron chi connectivity index (χ1n) is 6.94. The third-order valence-corrected chi connectivity index (χ3v) is 6.16. The Balaban J connectivity index is 4.87. The van der Waals surface area contributed by atoms with Crippen LogP contribution < -0.4 is 0 Å². The highest BCUT2D eigenvalue weighted by Gasteiger charge is 2.44. The van der Waals surface area contributed by atoms with Gasteiger partial charge in [0, 0.05) is 12.2 Å². The van der Waals surface area contributed by atoms with Crippen LogP contribution in [0.2, 0.25) is 6.55 Å². The van der Waals surface area contributed by atoms with Crippen molar-refractivity contribution < 1.29 is 18.7 Å². The molecule has 0 bridgehead atoms. The molecule has 0 amide bonds. The van der Waals surface area contributed by atoms with Crippen molar-refractivity contribution in [1.29, 1.82) is 0 Å². The molecule has 0 aliphatic rings. The van der Waals surface area contributed by atoms with E-state index in [2.05, 4.69) is 0 Å². The zero-order valence-corrected chi connectivity index (χ0v) is 13.9. The van der Waals surface area contributed by atoms with Crippen LogP contribution in [-0.4, -0.2) is 37.9 Å². The van der Waals surface area contributed by atoms with Gasteiger partial charge in [0.15, 0.2) is 6.29 Å². The topological polar surface area (TPSA) is 47.9 Å². The standard InChI is InChI=1S/C13H30O4Si/c1-8-12(14)15-13(9-2)18(7,16-10(3)4)17-11(5)6/h10-14H,8-9H2,1-7H3. The molecular weight excluding hydrogens is 248 g/mol. The van der Waals surface area contributed by atoms with E-state index in [9.17, 15) is 5.11 Å². The molecule has 110 valence electrons. The highest BCUT2D eigenvalue weighted by molar-refractivity contribution is 6.67. The fourth-order valence-corrected chi connectivity index (χ4v) is 5.37. The maximum atomic E-state index is 9.68. The zero-order chi connectivity index (χ0) is 14.3. The van der Waals surface area contributed by atoms with Crippen LogP contribution in [-0.2, 0) is 13.6 Å². The van der Waals surface area contributed by atoms with E-state index in [0.717, 1.165) is 6.42 Å². The summed E-state index contributed by atoms with van der Waals surface area (Å²) in [6, 6.07) is 0. The van der Waals surface area contributed by atoms with Gasteiger partial charge in [-0.25, -0.2) is 0 Å². The molecule has 0 spiro atoms. The SMILES string of the molecule is CCC(O)OC(CC)[Si](C)(OC(C)C)OC(C)C. The Morgan fingerprint density at radius 2 is 1.39 bits per heavy atom. The molecular formula is C13H30O4Si. The van der Waals surface area contributed by atoms with E-state index < -0.39 is 14.9 Å². The average Bonchev–Trinajstić information content (AvgIpc) is 2.22. The molecule has 0 saturated heterocycles. The number of hydrogen-bond acceptors (Lipinski definition) is 4. The molecule has 0 aliphatic heterocycles. The van der Waals surface area contributed by atoms with E-state index in [-0.39, 0.29) is 17.9 Å². The fraction of sp³-hybridized carbons (Fsp3) is 1.00. The molecule has 0 aromatic heterocycles. The van der Waals surface area contributed by atoms with Crippen LogP contribution in [0.1, 0.15) is 54.4 Å². The molecule has 0 aromatic carbocycles. The monoisotopic (exact) mass is 278 g/mol. The Hall–Kier alpha value is 0.0569. The number of aliphatic hydroxyl groups is 1. The summed E-state index contributed by atoms with van der Waals surface area (Å²) in [4.78, 5) is 0. The lowest BCUT2D eigenvalue weighted by Crippen LogP contribution is -2.55. The first kappa shape index (κ1) is 18.1. The van der Waals surface area contributed by atoms with Crippen LogP contribution in [0.4, 0.5) is 0 Å². The summed E-state index contributed by atoms with van der Waals surface area (Å²) in [6.45, 7) is 13.9. The van der Waals surface area contributed by atoms with Gasteiger partial charge in [-0.05, 0) is 47.1 Å². The summed E-state index contributed by atoms with van der Waals surface area (Å²) in [6.07, 6.45) is 0.797. The molecule has 0 aliphatic carbocycles. The molecule has 4 nitrogen and oxygen atoms in total. The molecule has 2 atom stereocenters. The van der Waals surface area contributed by atoms with Crippen molar-refractivity contribution in [1.82, 2.24) is 0 Å². The summed E-state index contributed by atoms with van der Waals surface area (Å²) in [5.74, 6) is 0. The summed E-state index contributed by atoms with van der Waals surface area (Å²) >= 11 is 0. The Kier molecular flexibility index (Phi) is 8.30. The number of rotatable bonds is 9. The summed E-state index contributed by atoms with van der Waals surface area (Å²) in [5, 5.41) is 9.68. The molecule has 5 heteroatoms. The van der Waals surface area contributed by atoms with Gasteiger partial charge in [0.05, 0.1) is 0 Å². The van der Waals surface area contributed by atoms with E-state index in [1.54, 1.807) is 0 Å². The first-order chi connectivity index (χ1) is 8.25. The smallest absolute Gasteiger partial charge is 0.365 e. The lowest BCUT2D eigenvalue weighted by molar-refractivity contribution is -0.129. The largest absolute Gasteiger partial charge is 0.390 e. The van der Waals surface area contributed by atoms with Crippen LogP contribution in [0.15, 0.2) is 0 Å². The minimum Gasteiger partial charge on any atom is -0.390 e. The predicted octanol–water partition coefficient (Wildman–Crippen LogP) is 2.97. The minimum atomic E-state index is -2.47. The second-order valence-electron chi connectivity index (χ2n) is 5.25. The lowest BCUT2D eigenvalue weighted by atomic mass is 10.4. The molecule has 0 heterocycles. The Morgan fingerprint density at radius 3 is 1.67 bits per heavy atom. The van der Waals surface area contributed by atoms with E-state index in [1.165, 1.54) is 0 Å². The normalized spacial score (nSPS) is 16.3. The molecule has 0 saturated carbocycles. The van der Waals surface area contributed by atoms with E-state index in [1.807, 2.05) is 48.1 Å². The summed E-state index contributed by atoms with van der Waals surface area (Å²) < 4.78 is 17.7. The van der Waals surface area contributed by atoms with E-state index in [0.29, 0.717) is 6.42 Å². The van der Waals surface area contributed by atoms with Crippen molar-refractivity contribution in [3.05, 3.63) is 0 Å². The van der Waals surface area contributed by atoms with Crippen molar-refractivity contribution in [3.8, 4) is 0 Å². The zero-order valence-electron chi connectivity index (χ0n) is 12.9. The third kappa shape index (κ3) is 6.29. The molecule has 0 fully saturated rings. The van der Waals surface area contributed by atoms with Crippen molar-refractivity contribution in [2.45, 2.75) is 85.2 Å². The van der Waals surface area contributed by atoms with Gasteiger partial charge in [0.1, 0.15) is 5.73 Å². The Morgan fingerprint density at radius 1 is 0.944 bits per heavy atom. The molecule has 0 radical (unpaired) electrons.